The first-order chi connectivity index (χ1) is 12.9. The van der Waals surface area contributed by atoms with E-state index in [1.54, 1.807) is 13.0 Å². The molecule has 7 nitrogen and oxygen atoms in total. The third-order valence-electron chi connectivity index (χ3n) is 4.10. The van der Waals surface area contributed by atoms with Gasteiger partial charge in [0, 0.05) is 6.07 Å². The molecule has 0 aliphatic rings. The molecular weight excluding hydrogens is 348 g/mol. The number of amides is 1. The van der Waals surface area contributed by atoms with Gasteiger partial charge in [-0.1, -0.05) is 49.3 Å². The van der Waals surface area contributed by atoms with Crippen LogP contribution in [0.1, 0.15) is 56.2 Å². The fourth-order valence-electron chi connectivity index (χ4n) is 2.60. The average molecular weight is 374 g/mol. The Hall–Kier alpha value is -2.83. The van der Waals surface area contributed by atoms with Crippen molar-refractivity contribution in [3.05, 3.63) is 53.4 Å². The third kappa shape index (κ3) is 6.13. The smallest absolute Gasteiger partial charge is 0.408 e. The highest BCUT2D eigenvalue weighted by molar-refractivity contribution is 5.76. The van der Waals surface area contributed by atoms with E-state index < -0.39 is 18.0 Å². The van der Waals surface area contributed by atoms with E-state index in [1.165, 1.54) is 7.11 Å². The van der Waals surface area contributed by atoms with E-state index in [2.05, 4.69) is 10.5 Å². The van der Waals surface area contributed by atoms with Crippen LogP contribution in [0.2, 0.25) is 0 Å². The van der Waals surface area contributed by atoms with E-state index in [1.807, 2.05) is 44.2 Å². The molecule has 0 fully saturated rings. The number of esters is 1. The summed E-state index contributed by atoms with van der Waals surface area (Å²) in [5.74, 6) is -0.276. The minimum absolute atomic E-state index is 0.185. The van der Waals surface area contributed by atoms with Gasteiger partial charge in [0.1, 0.15) is 18.2 Å². The van der Waals surface area contributed by atoms with E-state index in [0.29, 0.717) is 23.8 Å². The molecule has 2 aromatic rings. The second-order valence-electron chi connectivity index (χ2n) is 6.79. The van der Waals surface area contributed by atoms with Crippen molar-refractivity contribution in [3.8, 4) is 0 Å². The first kappa shape index (κ1) is 20.5. The summed E-state index contributed by atoms with van der Waals surface area (Å²) in [6, 6.07) is 10.7. The zero-order chi connectivity index (χ0) is 19.8. The zero-order valence-corrected chi connectivity index (χ0v) is 16.1. The number of benzene rings is 1. The fourth-order valence-corrected chi connectivity index (χ4v) is 2.60. The molecule has 27 heavy (non-hydrogen) atoms. The van der Waals surface area contributed by atoms with Gasteiger partial charge in [0.05, 0.1) is 13.2 Å². The molecule has 0 aliphatic carbocycles. The molecule has 0 spiro atoms. The van der Waals surface area contributed by atoms with E-state index in [9.17, 15) is 9.59 Å². The van der Waals surface area contributed by atoms with Gasteiger partial charge in [-0.05, 0) is 24.8 Å². The predicted molar refractivity (Wildman–Crippen MR) is 98.9 cm³/mol. The number of aromatic nitrogens is 1. The van der Waals surface area contributed by atoms with Crippen LogP contribution >= 0.6 is 0 Å². The van der Waals surface area contributed by atoms with Crippen LogP contribution < -0.4 is 5.32 Å². The van der Waals surface area contributed by atoms with Crippen molar-refractivity contribution in [2.75, 3.05) is 7.11 Å². The molecule has 0 saturated heterocycles. The number of alkyl carbamates (subject to hydrolysis) is 1. The molecule has 1 amide bonds. The molecule has 0 bridgehead atoms. The number of carbonyl (C=O) groups excluding carboxylic acids is 2. The second kappa shape index (κ2) is 9.75. The van der Waals surface area contributed by atoms with Crippen LogP contribution in [0.5, 0.6) is 0 Å². The summed E-state index contributed by atoms with van der Waals surface area (Å²) >= 11 is 0. The van der Waals surface area contributed by atoms with Crippen molar-refractivity contribution in [2.24, 2.45) is 5.92 Å². The summed E-state index contributed by atoms with van der Waals surface area (Å²) in [5, 5.41) is 6.86. The molecular formula is C20H26N2O5. The summed E-state index contributed by atoms with van der Waals surface area (Å²) in [6.45, 7) is 5.95. The first-order valence-electron chi connectivity index (χ1n) is 8.92. The topological polar surface area (TPSA) is 90.7 Å². The average Bonchev–Trinajstić information content (AvgIpc) is 3.15. The highest BCUT2D eigenvalue weighted by atomic mass is 16.5. The van der Waals surface area contributed by atoms with Gasteiger partial charge >= 0.3 is 12.1 Å². The van der Waals surface area contributed by atoms with Crippen LogP contribution in [0.25, 0.3) is 0 Å². The molecule has 0 saturated carbocycles. The Bertz CT molecular complexity index is 742. The normalized spacial score (nSPS) is 13.1. The van der Waals surface area contributed by atoms with Crippen molar-refractivity contribution in [1.82, 2.24) is 10.5 Å². The van der Waals surface area contributed by atoms with Crippen LogP contribution in [-0.4, -0.2) is 24.3 Å². The maximum atomic E-state index is 12.2. The Morgan fingerprint density at radius 3 is 2.52 bits per heavy atom. The highest BCUT2D eigenvalue weighted by Gasteiger charge is 2.25. The van der Waals surface area contributed by atoms with Gasteiger partial charge in [0.25, 0.3) is 0 Å². The van der Waals surface area contributed by atoms with Gasteiger partial charge in [-0.2, -0.15) is 0 Å². The molecule has 2 unspecified atom stereocenters. The number of hydrogen-bond donors (Lipinski definition) is 1. The summed E-state index contributed by atoms with van der Waals surface area (Å²) < 4.78 is 15.3. The fraction of sp³-hybridized carbons (Fsp3) is 0.450. The van der Waals surface area contributed by atoms with Crippen molar-refractivity contribution in [1.29, 1.82) is 0 Å². The Labute approximate surface area is 159 Å². The quantitative estimate of drug-likeness (QED) is 0.703. The van der Waals surface area contributed by atoms with Crippen molar-refractivity contribution in [2.45, 2.75) is 45.8 Å². The van der Waals surface area contributed by atoms with Crippen molar-refractivity contribution >= 4 is 12.1 Å². The van der Waals surface area contributed by atoms with Crippen molar-refractivity contribution in [3.63, 3.8) is 0 Å². The third-order valence-corrected chi connectivity index (χ3v) is 4.10. The second-order valence-corrected chi connectivity index (χ2v) is 6.79. The maximum absolute atomic E-state index is 12.2. The molecule has 1 aromatic heterocycles. The molecule has 0 aliphatic heterocycles. The van der Waals surface area contributed by atoms with E-state index in [4.69, 9.17) is 14.0 Å². The Balaban J connectivity index is 2.03. The number of nitrogens with one attached hydrogen (secondary N) is 1. The monoisotopic (exact) mass is 374 g/mol. The van der Waals surface area contributed by atoms with Crippen LogP contribution in [0.4, 0.5) is 4.79 Å². The molecule has 2 atom stereocenters. The standard InChI is InChI=1S/C20H26N2O5/c1-13(2)10-16(17-11-18(27-22-17)14(3)19(23)25-4)21-20(24)26-12-15-8-6-5-7-9-15/h5-9,11,13-14,16H,10,12H2,1-4H3,(H,21,24). The zero-order valence-electron chi connectivity index (χ0n) is 16.1. The summed E-state index contributed by atoms with van der Waals surface area (Å²) in [5.41, 5.74) is 1.45. The Kier molecular flexibility index (Phi) is 7.40. The number of ether oxygens (including phenoxy) is 2. The molecule has 1 aromatic carbocycles. The number of methoxy groups -OCH3 is 1. The molecule has 0 radical (unpaired) electrons. The summed E-state index contributed by atoms with van der Waals surface area (Å²) in [6.07, 6.45) is 0.119. The molecule has 1 heterocycles. The molecule has 146 valence electrons. The number of rotatable bonds is 8. The lowest BCUT2D eigenvalue weighted by molar-refractivity contribution is -0.142. The Morgan fingerprint density at radius 2 is 1.89 bits per heavy atom. The van der Waals surface area contributed by atoms with Crippen LogP contribution in [0.3, 0.4) is 0 Å². The lowest BCUT2D eigenvalue weighted by Crippen LogP contribution is -2.30. The highest BCUT2D eigenvalue weighted by Crippen LogP contribution is 2.25. The minimum atomic E-state index is -0.569. The maximum Gasteiger partial charge on any atom is 0.408 e. The SMILES string of the molecule is COC(=O)C(C)c1cc(C(CC(C)C)NC(=O)OCc2ccccc2)no1. The molecule has 7 heteroatoms. The van der Waals surface area contributed by atoms with Gasteiger partial charge in [-0.3, -0.25) is 4.79 Å². The predicted octanol–water partition coefficient (Wildman–Crippen LogP) is 3.96. The summed E-state index contributed by atoms with van der Waals surface area (Å²) in [4.78, 5) is 23.9. The first-order valence-corrected chi connectivity index (χ1v) is 8.92. The minimum Gasteiger partial charge on any atom is -0.468 e. The lowest BCUT2D eigenvalue weighted by Gasteiger charge is -2.18. The molecule has 2 rings (SSSR count). The number of carbonyl (C=O) groups is 2. The number of hydrogen-bond acceptors (Lipinski definition) is 6. The van der Waals surface area contributed by atoms with Crippen LogP contribution in [-0.2, 0) is 20.9 Å². The van der Waals surface area contributed by atoms with E-state index in [-0.39, 0.29) is 12.6 Å². The largest absolute Gasteiger partial charge is 0.468 e. The van der Waals surface area contributed by atoms with Gasteiger partial charge in [0.2, 0.25) is 0 Å². The van der Waals surface area contributed by atoms with Crippen LogP contribution in [0.15, 0.2) is 40.9 Å². The van der Waals surface area contributed by atoms with Crippen LogP contribution in [0, 0.1) is 5.92 Å². The number of nitrogens with zero attached hydrogens (tertiary/aromatic N) is 1. The van der Waals surface area contributed by atoms with Gasteiger partial charge in [0.15, 0.2) is 5.76 Å². The van der Waals surface area contributed by atoms with Gasteiger partial charge < -0.3 is 19.3 Å². The van der Waals surface area contributed by atoms with Crippen molar-refractivity contribution < 1.29 is 23.6 Å². The molecule has 1 N–H and O–H groups in total. The van der Waals surface area contributed by atoms with E-state index >= 15 is 0 Å². The lowest BCUT2D eigenvalue weighted by atomic mass is 10.00. The van der Waals surface area contributed by atoms with Gasteiger partial charge in [-0.15, -0.1) is 0 Å². The van der Waals surface area contributed by atoms with E-state index in [0.717, 1.165) is 5.56 Å². The summed E-state index contributed by atoms with van der Waals surface area (Å²) in [7, 11) is 1.32. The Morgan fingerprint density at radius 1 is 1.19 bits per heavy atom. The van der Waals surface area contributed by atoms with Gasteiger partial charge in [-0.25, -0.2) is 4.79 Å².